The van der Waals surface area contributed by atoms with E-state index in [1.165, 1.54) is 44.1 Å². The van der Waals surface area contributed by atoms with Crippen LogP contribution >= 0.6 is 47.4 Å². The Morgan fingerprint density at radius 1 is 1.17 bits per heavy atom. The molecule has 0 bridgehead atoms. The third-order valence-electron chi connectivity index (χ3n) is 3.58. The molecule has 2 atom stereocenters. The van der Waals surface area contributed by atoms with Crippen LogP contribution in [0.15, 0.2) is 0 Å². The van der Waals surface area contributed by atoms with E-state index in [1.807, 2.05) is 23.9 Å². The van der Waals surface area contributed by atoms with Gasteiger partial charge >= 0.3 is 0 Å². The van der Waals surface area contributed by atoms with Crippen LogP contribution in [0, 0.1) is 0 Å². The second kappa shape index (κ2) is 7.36. The first-order valence-electron chi connectivity index (χ1n) is 6.49. The van der Waals surface area contributed by atoms with Gasteiger partial charge in [-0.15, -0.1) is 0 Å². The van der Waals surface area contributed by atoms with E-state index in [4.69, 9.17) is 0 Å². The lowest BCUT2D eigenvalue weighted by molar-refractivity contribution is 0.379. The van der Waals surface area contributed by atoms with Crippen molar-refractivity contribution in [2.75, 3.05) is 50.2 Å². The smallest absolute Gasteiger partial charge is 0.0279 e. The summed E-state index contributed by atoms with van der Waals surface area (Å²) in [6.07, 6.45) is 5.78. The average molecular weight is 325 g/mol. The summed E-state index contributed by atoms with van der Waals surface area (Å²) < 4.78 is 5.53. The molecule has 2 nitrogen and oxygen atoms in total. The SMILES string of the molecule is CSN1CCSC(CC2(C)CN(SC)CCS2)C1. The Labute approximate surface area is 129 Å². The summed E-state index contributed by atoms with van der Waals surface area (Å²) in [4.78, 5) is 0. The highest BCUT2D eigenvalue weighted by atomic mass is 32.2. The van der Waals surface area contributed by atoms with Gasteiger partial charge in [-0.1, -0.05) is 23.9 Å². The molecule has 2 unspecified atom stereocenters. The molecule has 0 aromatic heterocycles. The Kier molecular flexibility index (Phi) is 6.42. The van der Waals surface area contributed by atoms with Crippen LogP contribution in [-0.4, -0.2) is 68.8 Å². The molecule has 0 N–H and O–H groups in total. The normalized spacial score (nSPS) is 35.8. The van der Waals surface area contributed by atoms with E-state index in [-0.39, 0.29) is 0 Å². The number of thioether (sulfide) groups is 2. The second-order valence-electron chi connectivity index (χ2n) is 5.11. The van der Waals surface area contributed by atoms with Crippen molar-refractivity contribution in [3.8, 4) is 0 Å². The Morgan fingerprint density at radius 2 is 1.89 bits per heavy atom. The molecule has 2 aliphatic rings. The molecule has 0 radical (unpaired) electrons. The molecule has 6 heteroatoms. The summed E-state index contributed by atoms with van der Waals surface area (Å²) in [5.41, 5.74) is 0. The van der Waals surface area contributed by atoms with Crippen LogP contribution in [0.4, 0.5) is 0 Å². The fourth-order valence-corrected chi connectivity index (χ4v) is 7.24. The van der Waals surface area contributed by atoms with Gasteiger partial charge in [0, 0.05) is 47.7 Å². The highest BCUT2D eigenvalue weighted by Crippen LogP contribution is 2.39. The number of hydrogen-bond acceptors (Lipinski definition) is 6. The predicted molar refractivity (Wildman–Crippen MR) is 91.9 cm³/mol. The highest BCUT2D eigenvalue weighted by molar-refractivity contribution is 8.01. The number of nitrogens with zero attached hydrogens (tertiary/aromatic N) is 2. The van der Waals surface area contributed by atoms with Crippen molar-refractivity contribution >= 4 is 47.4 Å². The molecule has 0 aromatic rings. The van der Waals surface area contributed by atoms with E-state index in [0.29, 0.717) is 4.75 Å². The zero-order valence-corrected chi connectivity index (χ0v) is 14.8. The topological polar surface area (TPSA) is 6.48 Å². The standard InChI is InChI=1S/C12H24N2S4/c1-12(10-14(16-3)5-7-18-12)8-11-9-13(15-2)4-6-17-11/h11H,4-10H2,1-3H3. The van der Waals surface area contributed by atoms with E-state index in [2.05, 4.69) is 51.6 Å². The molecule has 106 valence electrons. The molecule has 0 aliphatic carbocycles. The minimum Gasteiger partial charge on any atom is -0.249 e. The molecule has 18 heavy (non-hydrogen) atoms. The van der Waals surface area contributed by atoms with Crippen LogP contribution in [0.25, 0.3) is 0 Å². The van der Waals surface area contributed by atoms with Gasteiger partial charge < -0.3 is 0 Å². The van der Waals surface area contributed by atoms with Gasteiger partial charge in [-0.05, 0) is 25.9 Å². The summed E-state index contributed by atoms with van der Waals surface area (Å²) in [6, 6.07) is 0. The zero-order chi connectivity index (χ0) is 13.0. The molecule has 2 saturated heterocycles. The molecule has 0 aromatic carbocycles. The van der Waals surface area contributed by atoms with Crippen LogP contribution in [0.5, 0.6) is 0 Å². The van der Waals surface area contributed by atoms with E-state index < -0.39 is 0 Å². The molecule has 2 aliphatic heterocycles. The summed E-state index contributed by atoms with van der Waals surface area (Å²) >= 11 is 8.21. The maximum atomic E-state index is 2.54. The first-order valence-corrected chi connectivity index (χ1v) is 10.9. The molecular formula is C12H24N2S4. The molecular weight excluding hydrogens is 300 g/mol. The monoisotopic (exact) mass is 324 g/mol. The zero-order valence-electron chi connectivity index (χ0n) is 11.6. The van der Waals surface area contributed by atoms with Crippen molar-refractivity contribution in [1.82, 2.24) is 8.61 Å². The number of hydrogen-bond donors (Lipinski definition) is 0. The fraction of sp³-hybridized carbons (Fsp3) is 1.00. The van der Waals surface area contributed by atoms with Gasteiger partial charge in [0.05, 0.1) is 0 Å². The molecule has 0 amide bonds. The van der Waals surface area contributed by atoms with Gasteiger partial charge in [0.2, 0.25) is 0 Å². The van der Waals surface area contributed by atoms with E-state index in [0.717, 1.165) is 5.25 Å². The summed E-state index contributed by atoms with van der Waals surface area (Å²) in [5.74, 6) is 2.60. The average Bonchev–Trinajstić information content (AvgIpc) is 2.38. The van der Waals surface area contributed by atoms with Crippen molar-refractivity contribution in [3.05, 3.63) is 0 Å². The lowest BCUT2D eigenvalue weighted by Crippen LogP contribution is -2.45. The summed E-state index contributed by atoms with van der Waals surface area (Å²) in [6.45, 7) is 7.48. The first kappa shape index (κ1) is 15.7. The van der Waals surface area contributed by atoms with E-state index in [1.54, 1.807) is 0 Å². The van der Waals surface area contributed by atoms with E-state index >= 15 is 0 Å². The quantitative estimate of drug-likeness (QED) is 0.728. The highest BCUT2D eigenvalue weighted by Gasteiger charge is 2.35. The largest absolute Gasteiger partial charge is 0.249 e. The van der Waals surface area contributed by atoms with Crippen LogP contribution in [0.1, 0.15) is 13.3 Å². The van der Waals surface area contributed by atoms with Gasteiger partial charge in [0.25, 0.3) is 0 Å². The van der Waals surface area contributed by atoms with Crippen LogP contribution in [0.3, 0.4) is 0 Å². The van der Waals surface area contributed by atoms with Crippen molar-refractivity contribution in [1.29, 1.82) is 0 Å². The van der Waals surface area contributed by atoms with Gasteiger partial charge in [0.15, 0.2) is 0 Å². The maximum Gasteiger partial charge on any atom is 0.0279 e. The van der Waals surface area contributed by atoms with Crippen LogP contribution < -0.4 is 0 Å². The summed E-state index contributed by atoms with van der Waals surface area (Å²) in [7, 11) is 0. The Morgan fingerprint density at radius 3 is 2.61 bits per heavy atom. The first-order chi connectivity index (χ1) is 8.65. The Balaban J connectivity index is 1.86. The molecule has 0 saturated carbocycles. The van der Waals surface area contributed by atoms with Crippen molar-refractivity contribution in [2.45, 2.75) is 23.3 Å². The van der Waals surface area contributed by atoms with Crippen molar-refractivity contribution in [3.63, 3.8) is 0 Å². The number of rotatable bonds is 4. The van der Waals surface area contributed by atoms with Crippen molar-refractivity contribution < 1.29 is 0 Å². The molecule has 2 fully saturated rings. The lowest BCUT2D eigenvalue weighted by Gasteiger charge is -2.42. The predicted octanol–water partition coefficient (Wildman–Crippen LogP) is 3.16. The molecule has 2 rings (SSSR count). The van der Waals surface area contributed by atoms with Gasteiger partial charge in [-0.2, -0.15) is 23.5 Å². The van der Waals surface area contributed by atoms with E-state index in [9.17, 15) is 0 Å². The third-order valence-corrected chi connectivity index (χ3v) is 7.84. The lowest BCUT2D eigenvalue weighted by atomic mass is 10.0. The minimum absolute atomic E-state index is 0.459. The van der Waals surface area contributed by atoms with Gasteiger partial charge in [0.1, 0.15) is 0 Å². The fourth-order valence-electron chi connectivity index (χ4n) is 2.63. The molecule has 2 heterocycles. The third kappa shape index (κ3) is 4.42. The minimum atomic E-state index is 0.459. The van der Waals surface area contributed by atoms with Gasteiger partial charge in [-0.25, -0.2) is 8.61 Å². The van der Waals surface area contributed by atoms with Crippen molar-refractivity contribution in [2.24, 2.45) is 0 Å². The van der Waals surface area contributed by atoms with Crippen LogP contribution in [-0.2, 0) is 0 Å². The Bertz CT molecular complexity index is 266. The Hall–Kier alpha value is 1.32. The van der Waals surface area contributed by atoms with Crippen LogP contribution in [0.2, 0.25) is 0 Å². The molecule has 0 spiro atoms. The summed E-state index contributed by atoms with van der Waals surface area (Å²) in [5, 5.41) is 0.825. The van der Waals surface area contributed by atoms with Gasteiger partial charge in [-0.3, -0.25) is 0 Å². The second-order valence-corrected chi connectivity index (χ2v) is 9.97. The maximum absolute atomic E-state index is 2.54.